The Labute approximate surface area is 202 Å². The monoisotopic (exact) mass is 541 g/mol. The molecule has 1 saturated heterocycles. The third kappa shape index (κ3) is 7.66. The van der Waals surface area contributed by atoms with Crippen LogP contribution in [0.2, 0.25) is 0 Å². The highest BCUT2D eigenvalue weighted by Gasteiger charge is 2.25. The van der Waals surface area contributed by atoms with Gasteiger partial charge in [-0.2, -0.15) is 0 Å². The van der Waals surface area contributed by atoms with Crippen LogP contribution in [0.3, 0.4) is 0 Å². The molecule has 1 aliphatic heterocycles. The van der Waals surface area contributed by atoms with Crippen molar-refractivity contribution in [3.63, 3.8) is 0 Å². The fourth-order valence-electron chi connectivity index (χ4n) is 3.97. The predicted octanol–water partition coefficient (Wildman–Crippen LogP) is 3.36. The summed E-state index contributed by atoms with van der Waals surface area (Å²) in [6.45, 7) is 5.27. The quantitative estimate of drug-likeness (QED) is 0.281. The summed E-state index contributed by atoms with van der Waals surface area (Å²) in [7, 11) is 1.70. The molecule has 0 radical (unpaired) electrons. The molecule has 8 heteroatoms. The Hall–Kier alpha value is -1.84. The summed E-state index contributed by atoms with van der Waals surface area (Å²) in [5.41, 5.74) is 1.92. The fourth-order valence-corrected chi connectivity index (χ4v) is 3.97. The van der Waals surface area contributed by atoms with Crippen LogP contribution in [0.25, 0.3) is 0 Å². The van der Waals surface area contributed by atoms with Gasteiger partial charge in [0.05, 0.1) is 6.54 Å². The van der Waals surface area contributed by atoms with Crippen LogP contribution in [0.15, 0.2) is 29.3 Å². The Balaban J connectivity index is 0.00000341. The van der Waals surface area contributed by atoms with Gasteiger partial charge in [0, 0.05) is 44.7 Å². The lowest BCUT2D eigenvalue weighted by atomic mass is 9.85. The standard InChI is InChI=1S/C23H35N5O2.HI/c1-3-25-23(28-12-10-17(11-13-28)15-21(29)24-2)26-16-18-6-4-9-20(14-18)27-22(30)19-7-5-8-19;/h4,6,9,14,17,19H,3,5,7-8,10-13,15-16H2,1-2H3,(H,24,29)(H,25,26)(H,27,30);1H. The van der Waals surface area contributed by atoms with Crippen LogP contribution in [0.1, 0.15) is 51.0 Å². The Kier molecular flexibility index (Phi) is 10.6. The molecular formula is C23H36IN5O2. The predicted molar refractivity (Wildman–Crippen MR) is 136 cm³/mol. The molecule has 3 N–H and O–H groups in total. The van der Waals surface area contributed by atoms with E-state index in [2.05, 4.69) is 27.8 Å². The van der Waals surface area contributed by atoms with E-state index in [0.29, 0.717) is 18.9 Å². The number of nitrogens with zero attached hydrogens (tertiary/aromatic N) is 2. The number of rotatable bonds is 7. The molecule has 1 saturated carbocycles. The Morgan fingerprint density at radius 2 is 1.90 bits per heavy atom. The van der Waals surface area contributed by atoms with Gasteiger partial charge in [-0.1, -0.05) is 18.6 Å². The average Bonchev–Trinajstić information content (AvgIpc) is 2.70. The maximum atomic E-state index is 12.2. The zero-order valence-corrected chi connectivity index (χ0v) is 21.0. The van der Waals surface area contributed by atoms with Gasteiger partial charge >= 0.3 is 0 Å². The molecule has 2 fully saturated rings. The Morgan fingerprint density at radius 3 is 2.52 bits per heavy atom. The first-order valence-corrected chi connectivity index (χ1v) is 11.2. The number of halogens is 1. The van der Waals surface area contributed by atoms with E-state index in [0.717, 1.165) is 68.9 Å². The smallest absolute Gasteiger partial charge is 0.227 e. The average molecular weight is 541 g/mol. The van der Waals surface area contributed by atoms with Crippen molar-refractivity contribution in [2.45, 2.75) is 52.0 Å². The van der Waals surface area contributed by atoms with Crippen LogP contribution in [0.5, 0.6) is 0 Å². The second-order valence-electron chi connectivity index (χ2n) is 8.30. The molecule has 0 spiro atoms. The highest BCUT2D eigenvalue weighted by Crippen LogP contribution is 2.27. The lowest BCUT2D eigenvalue weighted by Gasteiger charge is -2.34. The number of amides is 2. The van der Waals surface area contributed by atoms with Gasteiger partial charge in [0.25, 0.3) is 0 Å². The van der Waals surface area contributed by atoms with Gasteiger partial charge in [0.1, 0.15) is 0 Å². The highest BCUT2D eigenvalue weighted by molar-refractivity contribution is 14.0. The number of guanidine groups is 1. The number of likely N-dealkylation sites (tertiary alicyclic amines) is 1. The first-order valence-electron chi connectivity index (χ1n) is 11.2. The van der Waals surface area contributed by atoms with Gasteiger partial charge in [0.2, 0.25) is 11.8 Å². The van der Waals surface area contributed by atoms with Gasteiger partial charge in [-0.25, -0.2) is 4.99 Å². The number of hydrogen-bond acceptors (Lipinski definition) is 3. The number of carbonyl (C=O) groups is 2. The number of benzene rings is 1. The summed E-state index contributed by atoms with van der Waals surface area (Å²) >= 11 is 0. The van der Waals surface area contributed by atoms with E-state index >= 15 is 0 Å². The number of nitrogens with one attached hydrogen (secondary N) is 3. The van der Waals surface area contributed by atoms with Crippen molar-refractivity contribution in [3.8, 4) is 0 Å². The second-order valence-corrected chi connectivity index (χ2v) is 8.30. The Morgan fingerprint density at radius 1 is 1.16 bits per heavy atom. The van der Waals surface area contributed by atoms with Crippen molar-refractivity contribution in [1.82, 2.24) is 15.5 Å². The van der Waals surface area contributed by atoms with Crippen LogP contribution >= 0.6 is 24.0 Å². The lowest BCUT2D eigenvalue weighted by Crippen LogP contribution is -2.46. The summed E-state index contributed by atoms with van der Waals surface area (Å²) in [4.78, 5) is 30.9. The summed E-state index contributed by atoms with van der Waals surface area (Å²) in [5.74, 6) is 1.80. The van der Waals surface area contributed by atoms with Gasteiger partial charge in [0.15, 0.2) is 5.96 Å². The molecule has 1 heterocycles. The van der Waals surface area contributed by atoms with Gasteiger partial charge < -0.3 is 20.9 Å². The molecule has 2 aliphatic rings. The minimum absolute atomic E-state index is 0. The minimum atomic E-state index is 0. The number of anilines is 1. The van der Waals surface area contributed by atoms with Crippen molar-refractivity contribution >= 4 is 47.4 Å². The van der Waals surface area contributed by atoms with E-state index in [9.17, 15) is 9.59 Å². The normalized spacial score (nSPS) is 17.4. The summed E-state index contributed by atoms with van der Waals surface area (Å²) in [6.07, 6.45) is 5.77. The first-order chi connectivity index (χ1) is 14.6. The van der Waals surface area contributed by atoms with Crippen LogP contribution < -0.4 is 16.0 Å². The molecule has 1 aromatic carbocycles. The molecule has 0 bridgehead atoms. The molecule has 1 aromatic rings. The van der Waals surface area contributed by atoms with E-state index in [1.165, 1.54) is 0 Å². The largest absolute Gasteiger partial charge is 0.359 e. The molecule has 1 aliphatic carbocycles. The third-order valence-electron chi connectivity index (χ3n) is 6.08. The lowest BCUT2D eigenvalue weighted by molar-refractivity contribution is -0.122. The van der Waals surface area contributed by atoms with Crippen LogP contribution in [0.4, 0.5) is 5.69 Å². The zero-order valence-electron chi connectivity index (χ0n) is 18.7. The van der Waals surface area contributed by atoms with E-state index in [1.54, 1.807) is 7.05 Å². The van der Waals surface area contributed by atoms with E-state index in [4.69, 9.17) is 4.99 Å². The minimum Gasteiger partial charge on any atom is -0.359 e. The Bertz CT molecular complexity index is 758. The van der Waals surface area contributed by atoms with Crippen molar-refractivity contribution in [1.29, 1.82) is 0 Å². The SMILES string of the molecule is CCNC(=NCc1cccc(NC(=O)C2CCC2)c1)N1CCC(CC(=O)NC)CC1.I. The van der Waals surface area contributed by atoms with Crippen LogP contribution in [-0.4, -0.2) is 49.4 Å². The van der Waals surface area contributed by atoms with Gasteiger partial charge in [-0.05, 0) is 56.2 Å². The molecule has 2 amide bonds. The molecule has 172 valence electrons. The van der Waals surface area contributed by atoms with Crippen LogP contribution in [0, 0.1) is 11.8 Å². The summed E-state index contributed by atoms with van der Waals surface area (Å²) in [5, 5.41) is 9.15. The number of aliphatic imine (C=N–C) groups is 1. The molecular weight excluding hydrogens is 505 g/mol. The van der Waals surface area contributed by atoms with Crippen LogP contribution in [-0.2, 0) is 16.1 Å². The van der Waals surface area contributed by atoms with E-state index in [-0.39, 0.29) is 41.7 Å². The molecule has 0 unspecified atom stereocenters. The van der Waals surface area contributed by atoms with Crippen molar-refractivity contribution in [2.24, 2.45) is 16.8 Å². The van der Waals surface area contributed by atoms with Crippen molar-refractivity contribution in [3.05, 3.63) is 29.8 Å². The summed E-state index contributed by atoms with van der Waals surface area (Å²) < 4.78 is 0. The highest BCUT2D eigenvalue weighted by atomic mass is 127. The third-order valence-corrected chi connectivity index (χ3v) is 6.08. The van der Waals surface area contributed by atoms with E-state index in [1.807, 2.05) is 24.3 Å². The number of piperidine rings is 1. The molecule has 0 atom stereocenters. The second kappa shape index (κ2) is 12.9. The van der Waals surface area contributed by atoms with E-state index < -0.39 is 0 Å². The molecule has 3 rings (SSSR count). The van der Waals surface area contributed by atoms with Gasteiger partial charge in [-0.15, -0.1) is 24.0 Å². The fraction of sp³-hybridized carbons (Fsp3) is 0.609. The van der Waals surface area contributed by atoms with Gasteiger partial charge in [-0.3, -0.25) is 9.59 Å². The molecule has 7 nitrogen and oxygen atoms in total. The maximum absolute atomic E-state index is 12.2. The number of carbonyl (C=O) groups excluding carboxylic acids is 2. The first kappa shape index (κ1) is 25.4. The summed E-state index contributed by atoms with van der Waals surface area (Å²) in [6, 6.07) is 7.96. The topological polar surface area (TPSA) is 85.8 Å². The molecule has 31 heavy (non-hydrogen) atoms. The molecule has 0 aromatic heterocycles. The number of hydrogen-bond donors (Lipinski definition) is 3. The van der Waals surface area contributed by atoms with Crippen molar-refractivity contribution < 1.29 is 9.59 Å². The maximum Gasteiger partial charge on any atom is 0.227 e. The zero-order chi connectivity index (χ0) is 21.3. The van der Waals surface area contributed by atoms with Crippen molar-refractivity contribution in [2.75, 3.05) is 32.0 Å².